The molecular formula is C21H15AsN4. The third kappa shape index (κ3) is 2.34. The fourth-order valence-electron chi connectivity index (χ4n) is 3.38. The summed E-state index contributed by atoms with van der Waals surface area (Å²) in [5, 5.41) is 16.9. The summed E-state index contributed by atoms with van der Waals surface area (Å²) in [6.07, 6.45) is 1.83. The van der Waals surface area contributed by atoms with Crippen molar-refractivity contribution < 1.29 is 0 Å². The van der Waals surface area contributed by atoms with E-state index >= 15 is 0 Å². The molecule has 0 fully saturated rings. The van der Waals surface area contributed by atoms with Crippen molar-refractivity contribution in [3.63, 3.8) is 0 Å². The Balaban J connectivity index is 1.84. The van der Waals surface area contributed by atoms with E-state index in [0.717, 1.165) is 37.7 Å². The summed E-state index contributed by atoms with van der Waals surface area (Å²) in [6, 6.07) is 24.9. The topological polar surface area (TPSA) is 43.6 Å². The first kappa shape index (κ1) is 15.3. The van der Waals surface area contributed by atoms with Crippen LogP contribution in [0.1, 0.15) is 0 Å². The van der Waals surface area contributed by atoms with Crippen LogP contribution in [0.4, 0.5) is 0 Å². The van der Waals surface area contributed by atoms with Crippen molar-refractivity contribution in [2.75, 3.05) is 0 Å². The minimum absolute atomic E-state index is 0.794. The number of hydrogen-bond acceptors (Lipinski definition) is 3. The van der Waals surface area contributed by atoms with Crippen LogP contribution in [0, 0.1) is 0 Å². The third-order valence-electron chi connectivity index (χ3n) is 4.58. The van der Waals surface area contributed by atoms with Crippen LogP contribution >= 0.6 is 0 Å². The van der Waals surface area contributed by atoms with Crippen LogP contribution in [0.25, 0.3) is 38.6 Å². The summed E-state index contributed by atoms with van der Waals surface area (Å²) in [5.41, 5.74) is 4.02. The molecule has 26 heavy (non-hydrogen) atoms. The van der Waals surface area contributed by atoms with Gasteiger partial charge in [-0.2, -0.15) is 0 Å². The second-order valence-electron chi connectivity index (χ2n) is 6.12. The number of rotatable bonds is 2. The zero-order chi connectivity index (χ0) is 17.5. The van der Waals surface area contributed by atoms with Crippen molar-refractivity contribution in [1.82, 2.24) is 20.0 Å². The molecule has 5 rings (SSSR count). The van der Waals surface area contributed by atoms with E-state index in [1.165, 1.54) is 22.2 Å². The zero-order valence-electron chi connectivity index (χ0n) is 13.9. The fraction of sp³-hybridized carbons (Fsp3) is 0. The molecule has 5 heteroatoms. The van der Waals surface area contributed by atoms with Gasteiger partial charge in [-0.3, -0.25) is 0 Å². The normalized spacial score (nSPS) is 11.3. The molecule has 0 spiro atoms. The predicted molar refractivity (Wildman–Crippen MR) is 108 cm³/mol. The summed E-state index contributed by atoms with van der Waals surface area (Å²) in [7, 11) is 0. The van der Waals surface area contributed by atoms with Crippen LogP contribution < -0.4 is 4.48 Å². The first-order valence-electron chi connectivity index (χ1n) is 8.36. The molecule has 0 aliphatic heterocycles. The number of fused-ring (bicyclic) bond motifs is 2. The Hall–Kier alpha value is -2.97. The molecule has 5 aromatic rings. The molecule has 0 saturated carbocycles. The summed E-state index contributed by atoms with van der Waals surface area (Å²) in [5.74, 6) is 0. The standard InChI is InChI=1S/C21H15AsN4/c22-20-19-17(15-7-2-1-3-8-15)13-23-24-21(19)26(25-20)18-12-6-10-14-9-4-5-11-16(14)18/h1-13H,22H2. The second-order valence-corrected chi connectivity index (χ2v) is 7.27. The number of hydrogen-bond donors (Lipinski definition) is 0. The van der Waals surface area contributed by atoms with E-state index in [2.05, 4.69) is 64.8 Å². The van der Waals surface area contributed by atoms with E-state index in [9.17, 15) is 0 Å². The number of benzene rings is 3. The quantitative estimate of drug-likeness (QED) is 0.430. The van der Waals surface area contributed by atoms with Gasteiger partial charge < -0.3 is 0 Å². The molecule has 0 bridgehead atoms. The summed E-state index contributed by atoms with van der Waals surface area (Å²) in [4.78, 5) is 0. The van der Waals surface area contributed by atoms with Crippen molar-refractivity contribution in [3.8, 4) is 16.8 Å². The van der Waals surface area contributed by atoms with Crippen LogP contribution in [0.15, 0.2) is 79.0 Å². The molecule has 1 atom stereocenters. The van der Waals surface area contributed by atoms with E-state index in [1.807, 2.05) is 29.1 Å². The summed E-state index contributed by atoms with van der Waals surface area (Å²) in [6.45, 7) is 0. The predicted octanol–water partition coefficient (Wildman–Crippen LogP) is 2.89. The maximum absolute atomic E-state index is 4.84. The van der Waals surface area contributed by atoms with Crippen LogP contribution in [-0.4, -0.2) is 36.8 Å². The SMILES string of the molecule is [AsH2]c1nn(-c2cccc3ccccc23)c2nncc(-c3ccccc3)c12. The Morgan fingerprint density at radius 2 is 1.58 bits per heavy atom. The van der Waals surface area contributed by atoms with Gasteiger partial charge in [-0.25, -0.2) is 0 Å². The Labute approximate surface area is 159 Å². The minimum atomic E-state index is 0.794. The molecule has 0 amide bonds. The van der Waals surface area contributed by atoms with Gasteiger partial charge >= 0.3 is 159 Å². The average Bonchev–Trinajstić information content (AvgIpc) is 3.05. The average molecular weight is 398 g/mol. The Kier molecular flexibility index (Phi) is 3.58. The molecule has 1 unspecified atom stereocenters. The van der Waals surface area contributed by atoms with E-state index in [4.69, 9.17) is 5.10 Å². The molecule has 2 heterocycles. The van der Waals surface area contributed by atoms with E-state index in [-0.39, 0.29) is 0 Å². The van der Waals surface area contributed by atoms with E-state index < -0.39 is 0 Å². The van der Waals surface area contributed by atoms with E-state index in [0.29, 0.717) is 0 Å². The molecule has 0 aliphatic rings. The summed E-state index contributed by atoms with van der Waals surface area (Å²) < 4.78 is 2.93. The van der Waals surface area contributed by atoms with Crippen molar-refractivity contribution >= 4 is 43.1 Å². The first-order valence-corrected chi connectivity index (χ1v) is 9.57. The maximum atomic E-state index is 4.84. The Morgan fingerprint density at radius 3 is 2.46 bits per heavy atom. The number of nitrogens with zero attached hydrogens (tertiary/aromatic N) is 4. The van der Waals surface area contributed by atoms with Gasteiger partial charge in [0.25, 0.3) is 0 Å². The van der Waals surface area contributed by atoms with Crippen LogP contribution in [0.3, 0.4) is 0 Å². The van der Waals surface area contributed by atoms with Crippen molar-refractivity contribution in [1.29, 1.82) is 0 Å². The van der Waals surface area contributed by atoms with Gasteiger partial charge in [0.15, 0.2) is 0 Å². The van der Waals surface area contributed by atoms with Gasteiger partial charge in [0.05, 0.1) is 0 Å². The van der Waals surface area contributed by atoms with Gasteiger partial charge in [-0.05, 0) is 0 Å². The third-order valence-corrected chi connectivity index (χ3v) is 5.42. The molecular weight excluding hydrogens is 383 g/mol. The van der Waals surface area contributed by atoms with Crippen LogP contribution in [-0.2, 0) is 0 Å². The fourth-order valence-corrected chi connectivity index (χ4v) is 4.22. The van der Waals surface area contributed by atoms with Crippen LogP contribution in [0.2, 0.25) is 0 Å². The molecule has 4 nitrogen and oxygen atoms in total. The van der Waals surface area contributed by atoms with Crippen molar-refractivity contribution in [2.45, 2.75) is 0 Å². The summed E-state index contributed by atoms with van der Waals surface area (Å²) >= 11 is 1.49. The zero-order valence-corrected chi connectivity index (χ0v) is 16.3. The van der Waals surface area contributed by atoms with Gasteiger partial charge in [-0.1, -0.05) is 0 Å². The van der Waals surface area contributed by atoms with Crippen LogP contribution in [0.5, 0.6) is 0 Å². The van der Waals surface area contributed by atoms with Gasteiger partial charge in [0.2, 0.25) is 0 Å². The van der Waals surface area contributed by atoms with E-state index in [1.54, 1.807) is 0 Å². The van der Waals surface area contributed by atoms with Gasteiger partial charge in [-0.15, -0.1) is 0 Å². The monoisotopic (exact) mass is 398 g/mol. The van der Waals surface area contributed by atoms with Gasteiger partial charge in [0.1, 0.15) is 0 Å². The van der Waals surface area contributed by atoms with Gasteiger partial charge in [0, 0.05) is 0 Å². The molecule has 3 aromatic carbocycles. The Bertz CT molecular complexity index is 1240. The molecule has 124 valence electrons. The van der Waals surface area contributed by atoms with Crippen molar-refractivity contribution in [2.24, 2.45) is 0 Å². The first-order chi connectivity index (χ1) is 12.8. The molecule has 0 aliphatic carbocycles. The van der Waals surface area contributed by atoms with Crippen molar-refractivity contribution in [3.05, 3.63) is 79.0 Å². The Morgan fingerprint density at radius 1 is 0.808 bits per heavy atom. The number of aromatic nitrogens is 4. The molecule has 0 N–H and O–H groups in total. The molecule has 0 radical (unpaired) electrons. The molecule has 0 saturated heterocycles. The molecule has 2 aromatic heterocycles. The second kappa shape index (κ2) is 6.08.